The Labute approximate surface area is 199 Å². The normalized spacial score (nSPS) is 18.3. The minimum Gasteiger partial charge on any atom is -0.496 e. The summed E-state index contributed by atoms with van der Waals surface area (Å²) in [6, 6.07) is 11.9. The number of ether oxygens (including phenoxy) is 3. The van der Waals surface area contributed by atoms with Gasteiger partial charge in [-0.3, -0.25) is 4.79 Å². The number of rotatable bonds is 12. The summed E-state index contributed by atoms with van der Waals surface area (Å²) in [6.07, 6.45) is 3.10. The number of hydrogen-bond donors (Lipinski definition) is 3. The zero-order valence-corrected chi connectivity index (χ0v) is 19.7. The Morgan fingerprint density at radius 2 is 1.76 bits per heavy atom. The first-order valence-electron chi connectivity index (χ1n) is 11.5. The van der Waals surface area contributed by atoms with Gasteiger partial charge in [-0.1, -0.05) is 30.3 Å². The third kappa shape index (κ3) is 5.87. The molecule has 2 aromatic rings. The lowest BCUT2D eigenvalue weighted by molar-refractivity contribution is -0.149. The zero-order valence-electron chi connectivity index (χ0n) is 19.7. The average molecular weight is 472 g/mol. The lowest BCUT2D eigenvalue weighted by Crippen LogP contribution is -2.52. The number of aliphatic hydroxyl groups excluding tert-OH is 1. The number of unbranched alkanes of at least 4 members (excludes halogenated alkanes) is 1. The summed E-state index contributed by atoms with van der Waals surface area (Å²) in [5, 5.41) is 21.5. The minimum atomic E-state index is -1.10. The molecule has 8 heteroatoms. The van der Waals surface area contributed by atoms with Crippen LogP contribution in [-0.4, -0.2) is 61.2 Å². The lowest BCUT2D eigenvalue weighted by Gasteiger charge is -2.29. The van der Waals surface area contributed by atoms with Crippen LogP contribution in [0.25, 0.3) is 11.1 Å². The third-order valence-electron chi connectivity index (χ3n) is 6.22. The van der Waals surface area contributed by atoms with E-state index in [0.717, 1.165) is 23.1 Å². The Balaban J connectivity index is 1.74. The van der Waals surface area contributed by atoms with Crippen molar-refractivity contribution < 1.29 is 34.0 Å². The van der Waals surface area contributed by atoms with E-state index >= 15 is 0 Å². The number of methoxy groups -OCH3 is 2. The van der Waals surface area contributed by atoms with Crippen molar-refractivity contribution >= 4 is 11.9 Å². The van der Waals surface area contributed by atoms with Crippen molar-refractivity contribution in [1.29, 1.82) is 0 Å². The standard InChI is InChI=1S/C26H33NO7/c1-32-21-7-5-8-22(33-2)23(21)19-11-9-18(10-12-19)17-20(24(29)30)27-25(31)26(13-3-4-15-28)14-6-16-34-26/h5,7-12,20,28H,3-4,6,13-17H2,1-2H3,(H,27,31)(H,29,30)/t20-,26+/m0/s1. The third-order valence-corrected chi connectivity index (χ3v) is 6.22. The Hall–Kier alpha value is -3.10. The highest BCUT2D eigenvalue weighted by molar-refractivity contribution is 5.89. The first-order chi connectivity index (χ1) is 16.4. The first-order valence-corrected chi connectivity index (χ1v) is 11.5. The number of benzene rings is 2. The number of amides is 1. The van der Waals surface area contributed by atoms with Gasteiger partial charge in [0.05, 0.1) is 19.8 Å². The number of aliphatic carboxylic acids is 1. The van der Waals surface area contributed by atoms with Gasteiger partial charge in [-0.05, 0) is 55.4 Å². The Morgan fingerprint density at radius 1 is 1.09 bits per heavy atom. The van der Waals surface area contributed by atoms with Gasteiger partial charge in [0, 0.05) is 19.6 Å². The van der Waals surface area contributed by atoms with E-state index in [1.165, 1.54) is 0 Å². The molecule has 1 aliphatic heterocycles. The van der Waals surface area contributed by atoms with Crippen LogP contribution in [0, 0.1) is 0 Å². The molecule has 0 aromatic heterocycles. The summed E-state index contributed by atoms with van der Waals surface area (Å²) in [7, 11) is 3.19. The van der Waals surface area contributed by atoms with Crippen LogP contribution in [-0.2, 0) is 20.7 Å². The van der Waals surface area contributed by atoms with Crippen molar-refractivity contribution in [2.45, 2.75) is 50.2 Å². The summed E-state index contributed by atoms with van der Waals surface area (Å²) in [6.45, 7) is 0.518. The first kappa shape index (κ1) is 25.5. The molecule has 0 aliphatic carbocycles. The molecule has 8 nitrogen and oxygen atoms in total. The summed E-state index contributed by atoms with van der Waals surface area (Å²) >= 11 is 0. The van der Waals surface area contributed by atoms with Crippen LogP contribution in [0.2, 0.25) is 0 Å². The second-order valence-electron chi connectivity index (χ2n) is 8.43. The molecule has 3 N–H and O–H groups in total. The second-order valence-corrected chi connectivity index (χ2v) is 8.43. The van der Waals surface area contributed by atoms with Crippen molar-refractivity contribution in [2.24, 2.45) is 0 Å². The van der Waals surface area contributed by atoms with Gasteiger partial charge in [-0.25, -0.2) is 4.79 Å². The van der Waals surface area contributed by atoms with Crippen LogP contribution in [0.4, 0.5) is 0 Å². The molecule has 1 saturated heterocycles. The number of carboxylic acids is 1. The summed E-state index contributed by atoms with van der Waals surface area (Å²) in [4.78, 5) is 25.0. The topological polar surface area (TPSA) is 114 Å². The Bertz CT molecular complexity index is 945. The summed E-state index contributed by atoms with van der Waals surface area (Å²) < 4.78 is 16.7. The Kier molecular flexibility index (Phi) is 8.90. The maximum Gasteiger partial charge on any atom is 0.326 e. The van der Waals surface area contributed by atoms with Crippen molar-refractivity contribution in [1.82, 2.24) is 5.32 Å². The predicted molar refractivity (Wildman–Crippen MR) is 127 cm³/mol. The minimum absolute atomic E-state index is 0.0478. The van der Waals surface area contributed by atoms with Crippen LogP contribution in [0.5, 0.6) is 11.5 Å². The molecule has 2 aromatic carbocycles. The molecule has 1 aliphatic rings. The fraction of sp³-hybridized carbons (Fsp3) is 0.462. The quantitative estimate of drug-likeness (QED) is 0.407. The SMILES string of the molecule is COc1cccc(OC)c1-c1ccc(C[C@H](NC(=O)[C@@]2(CCCCO)CCCO2)C(=O)O)cc1. The molecule has 2 atom stereocenters. The molecule has 34 heavy (non-hydrogen) atoms. The molecule has 0 spiro atoms. The Morgan fingerprint density at radius 3 is 2.29 bits per heavy atom. The van der Waals surface area contributed by atoms with Crippen LogP contribution in [0.15, 0.2) is 42.5 Å². The highest BCUT2D eigenvalue weighted by atomic mass is 16.5. The molecule has 3 rings (SSSR count). The second kappa shape index (κ2) is 11.9. The molecule has 0 bridgehead atoms. The van der Waals surface area contributed by atoms with Crippen LogP contribution in [0.3, 0.4) is 0 Å². The van der Waals surface area contributed by atoms with Crippen LogP contribution >= 0.6 is 0 Å². The van der Waals surface area contributed by atoms with Crippen molar-refractivity contribution in [3.05, 3.63) is 48.0 Å². The molecule has 1 amide bonds. The van der Waals surface area contributed by atoms with Crippen molar-refractivity contribution in [3.63, 3.8) is 0 Å². The highest BCUT2D eigenvalue weighted by Crippen LogP contribution is 2.38. The number of aliphatic hydroxyl groups is 1. The van der Waals surface area contributed by atoms with E-state index in [1.54, 1.807) is 14.2 Å². The monoisotopic (exact) mass is 471 g/mol. The molecule has 0 unspecified atom stereocenters. The van der Waals surface area contributed by atoms with E-state index in [0.29, 0.717) is 43.8 Å². The number of carboxylic acid groups (broad SMARTS) is 1. The van der Waals surface area contributed by atoms with Gasteiger partial charge in [-0.2, -0.15) is 0 Å². The molecule has 0 radical (unpaired) electrons. The average Bonchev–Trinajstić information content (AvgIpc) is 3.33. The van der Waals surface area contributed by atoms with Gasteiger partial charge < -0.3 is 29.7 Å². The maximum absolute atomic E-state index is 13.1. The predicted octanol–water partition coefficient (Wildman–Crippen LogP) is 3.19. The van der Waals surface area contributed by atoms with E-state index in [9.17, 15) is 14.7 Å². The van der Waals surface area contributed by atoms with E-state index < -0.39 is 23.5 Å². The van der Waals surface area contributed by atoms with Gasteiger partial charge in [0.1, 0.15) is 23.1 Å². The number of carbonyl (C=O) groups is 2. The summed E-state index contributed by atoms with van der Waals surface area (Å²) in [5.74, 6) is -0.158. The van der Waals surface area contributed by atoms with Crippen LogP contribution in [0.1, 0.15) is 37.7 Å². The number of carbonyl (C=O) groups excluding carboxylic acids is 1. The van der Waals surface area contributed by atoms with Crippen molar-refractivity contribution in [3.8, 4) is 22.6 Å². The van der Waals surface area contributed by atoms with Gasteiger partial charge in [-0.15, -0.1) is 0 Å². The molecule has 0 saturated carbocycles. The number of hydrogen-bond acceptors (Lipinski definition) is 6. The highest BCUT2D eigenvalue weighted by Gasteiger charge is 2.43. The summed E-state index contributed by atoms with van der Waals surface area (Å²) in [5.41, 5.74) is 1.43. The molecule has 1 heterocycles. The smallest absolute Gasteiger partial charge is 0.326 e. The largest absolute Gasteiger partial charge is 0.496 e. The molecule has 184 valence electrons. The lowest BCUT2D eigenvalue weighted by atomic mass is 9.91. The maximum atomic E-state index is 13.1. The van der Waals surface area contributed by atoms with Gasteiger partial charge >= 0.3 is 5.97 Å². The molecule has 1 fully saturated rings. The molecular formula is C26H33NO7. The van der Waals surface area contributed by atoms with E-state index in [2.05, 4.69) is 5.32 Å². The van der Waals surface area contributed by atoms with E-state index in [4.69, 9.17) is 19.3 Å². The fourth-order valence-corrected chi connectivity index (χ4v) is 4.38. The van der Waals surface area contributed by atoms with Gasteiger partial charge in [0.2, 0.25) is 0 Å². The van der Waals surface area contributed by atoms with Gasteiger partial charge in [0.15, 0.2) is 0 Å². The zero-order chi connectivity index (χ0) is 24.6. The van der Waals surface area contributed by atoms with Crippen LogP contribution < -0.4 is 14.8 Å². The van der Waals surface area contributed by atoms with Crippen molar-refractivity contribution in [2.75, 3.05) is 27.4 Å². The number of nitrogens with one attached hydrogen (secondary N) is 1. The fourth-order valence-electron chi connectivity index (χ4n) is 4.38. The molecular weight excluding hydrogens is 438 g/mol. The van der Waals surface area contributed by atoms with E-state index in [1.807, 2.05) is 42.5 Å². The van der Waals surface area contributed by atoms with Gasteiger partial charge in [0.25, 0.3) is 5.91 Å². The van der Waals surface area contributed by atoms with E-state index in [-0.39, 0.29) is 13.0 Å².